The van der Waals surface area contributed by atoms with E-state index in [9.17, 15) is 17.6 Å². The Morgan fingerprint density at radius 3 is 2.44 bits per heavy atom. The first-order valence-electron chi connectivity index (χ1n) is 8.01. The van der Waals surface area contributed by atoms with Gasteiger partial charge in [0.1, 0.15) is 17.3 Å². The number of ether oxygens (including phenoxy) is 2. The Balaban J connectivity index is 2.17. The number of benzene rings is 2. The molecule has 2 aromatic rings. The highest BCUT2D eigenvalue weighted by Crippen LogP contribution is 2.45. The number of halogens is 1. The van der Waals surface area contributed by atoms with Gasteiger partial charge in [-0.15, -0.1) is 0 Å². The Hall–Kier alpha value is -2.81. The van der Waals surface area contributed by atoms with Crippen molar-refractivity contribution in [3.63, 3.8) is 0 Å². The van der Waals surface area contributed by atoms with Gasteiger partial charge >= 0.3 is 0 Å². The molecule has 0 unspecified atom stereocenters. The molecule has 0 atom stereocenters. The van der Waals surface area contributed by atoms with Crippen LogP contribution in [0.4, 0.5) is 21.5 Å². The van der Waals surface area contributed by atoms with Crippen molar-refractivity contribution in [2.75, 3.05) is 23.0 Å². The van der Waals surface area contributed by atoms with Crippen molar-refractivity contribution in [2.24, 2.45) is 0 Å². The summed E-state index contributed by atoms with van der Waals surface area (Å²) < 4.78 is 49.9. The zero-order valence-corrected chi connectivity index (χ0v) is 16.1. The van der Waals surface area contributed by atoms with Crippen molar-refractivity contribution in [3.8, 4) is 11.5 Å². The van der Waals surface area contributed by atoms with Gasteiger partial charge in [0.2, 0.25) is 10.0 Å². The number of hydrogen-bond acceptors (Lipinski definition) is 5. The highest BCUT2D eigenvalue weighted by molar-refractivity contribution is 7.92. The van der Waals surface area contributed by atoms with Gasteiger partial charge < -0.3 is 9.47 Å². The molecular formula is C18H19FN2O5S. The lowest BCUT2D eigenvalue weighted by Crippen LogP contribution is -2.50. The normalized spacial score (nSPS) is 15.7. The van der Waals surface area contributed by atoms with Crippen LogP contribution in [0, 0.1) is 5.82 Å². The minimum absolute atomic E-state index is 0.185. The van der Waals surface area contributed by atoms with E-state index in [1.165, 1.54) is 42.3 Å². The van der Waals surface area contributed by atoms with Gasteiger partial charge in [0, 0.05) is 12.1 Å². The minimum atomic E-state index is -3.47. The van der Waals surface area contributed by atoms with Gasteiger partial charge in [-0.3, -0.25) is 14.4 Å². The number of rotatable bonds is 4. The zero-order chi connectivity index (χ0) is 20.0. The number of carbonyl (C=O) groups excluding carboxylic acids is 1. The molecule has 1 N–H and O–H groups in total. The van der Waals surface area contributed by atoms with Crippen molar-refractivity contribution < 1.29 is 27.1 Å². The first kappa shape index (κ1) is 19.0. The van der Waals surface area contributed by atoms with Crippen molar-refractivity contribution in [2.45, 2.75) is 19.4 Å². The van der Waals surface area contributed by atoms with Crippen LogP contribution in [0.2, 0.25) is 0 Å². The minimum Gasteiger partial charge on any atom is -0.494 e. The van der Waals surface area contributed by atoms with Crippen molar-refractivity contribution in [3.05, 3.63) is 42.2 Å². The maximum atomic E-state index is 13.6. The lowest BCUT2D eigenvalue weighted by atomic mass is 10.0. The fourth-order valence-electron chi connectivity index (χ4n) is 2.83. The SMILES string of the molecule is COc1cc(F)ccc1N1C(=O)C(C)(C)Oc2cc(NS(C)(=O)=O)ccc21. The highest BCUT2D eigenvalue weighted by atomic mass is 32.2. The molecule has 9 heteroatoms. The van der Waals surface area contributed by atoms with E-state index >= 15 is 0 Å². The third-order valence-electron chi connectivity index (χ3n) is 3.97. The van der Waals surface area contributed by atoms with Crippen LogP contribution in [-0.4, -0.2) is 33.3 Å². The van der Waals surface area contributed by atoms with Crippen molar-refractivity contribution in [1.29, 1.82) is 0 Å². The Bertz CT molecular complexity index is 1020. The predicted octanol–water partition coefficient (Wildman–Crippen LogP) is 3.04. The molecule has 144 valence electrons. The zero-order valence-electron chi connectivity index (χ0n) is 15.2. The molecule has 0 aliphatic carbocycles. The van der Waals surface area contributed by atoms with Gasteiger partial charge in [-0.05, 0) is 38.1 Å². The largest absolute Gasteiger partial charge is 0.494 e. The summed E-state index contributed by atoms with van der Waals surface area (Å²) in [5.41, 5.74) is -0.183. The third kappa shape index (κ3) is 3.68. The Morgan fingerprint density at radius 1 is 1.15 bits per heavy atom. The maximum Gasteiger partial charge on any atom is 0.275 e. The van der Waals surface area contributed by atoms with Crippen LogP contribution in [-0.2, 0) is 14.8 Å². The molecule has 2 aromatic carbocycles. The number of hydrogen-bond donors (Lipinski definition) is 1. The molecule has 1 amide bonds. The van der Waals surface area contributed by atoms with Crippen LogP contribution in [0.15, 0.2) is 36.4 Å². The second-order valence-corrected chi connectivity index (χ2v) is 8.37. The van der Waals surface area contributed by atoms with Gasteiger partial charge in [0.25, 0.3) is 5.91 Å². The summed E-state index contributed by atoms with van der Waals surface area (Å²) in [6, 6.07) is 8.42. The van der Waals surface area contributed by atoms with E-state index in [2.05, 4.69) is 4.72 Å². The van der Waals surface area contributed by atoms with E-state index in [1.54, 1.807) is 19.9 Å². The van der Waals surface area contributed by atoms with Gasteiger partial charge in [-0.25, -0.2) is 12.8 Å². The molecule has 7 nitrogen and oxygen atoms in total. The maximum absolute atomic E-state index is 13.6. The number of fused-ring (bicyclic) bond motifs is 1. The quantitative estimate of drug-likeness (QED) is 0.862. The number of amides is 1. The summed E-state index contributed by atoms with van der Waals surface area (Å²) in [7, 11) is -2.09. The van der Waals surface area contributed by atoms with E-state index in [4.69, 9.17) is 9.47 Å². The standard InChI is InChI=1S/C18H19FN2O5S/c1-18(2)17(22)21(13-7-5-11(19)9-15(13)25-3)14-8-6-12(10-16(14)26-18)20-27(4,23)24/h5-10,20H,1-4H3. The van der Waals surface area contributed by atoms with Crippen molar-refractivity contribution in [1.82, 2.24) is 0 Å². The second-order valence-electron chi connectivity index (χ2n) is 6.63. The average Bonchev–Trinajstić information content (AvgIpc) is 2.55. The van der Waals surface area contributed by atoms with E-state index in [0.717, 1.165) is 6.26 Å². The third-order valence-corrected chi connectivity index (χ3v) is 4.58. The van der Waals surface area contributed by atoms with Crippen LogP contribution in [0.25, 0.3) is 0 Å². The molecule has 1 aliphatic heterocycles. The summed E-state index contributed by atoms with van der Waals surface area (Å²) in [5.74, 6) is -0.378. The summed E-state index contributed by atoms with van der Waals surface area (Å²) in [6.07, 6.45) is 1.04. The molecule has 27 heavy (non-hydrogen) atoms. The molecule has 0 aromatic heterocycles. The molecule has 1 heterocycles. The second kappa shape index (κ2) is 6.41. The summed E-state index contributed by atoms with van der Waals surface area (Å²) in [5, 5.41) is 0. The molecule has 0 bridgehead atoms. The average molecular weight is 394 g/mol. The molecule has 0 spiro atoms. The fraction of sp³-hybridized carbons (Fsp3) is 0.278. The van der Waals surface area contributed by atoms with Crippen LogP contribution in [0.1, 0.15) is 13.8 Å². The lowest BCUT2D eigenvalue weighted by Gasteiger charge is -2.39. The van der Waals surface area contributed by atoms with Crippen LogP contribution >= 0.6 is 0 Å². The number of nitrogens with one attached hydrogen (secondary N) is 1. The number of anilines is 3. The molecule has 0 radical (unpaired) electrons. The van der Waals surface area contributed by atoms with Gasteiger partial charge in [0.15, 0.2) is 5.60 Å². The molecular weight excluding hydrogens is 375 g/mol. The molecule has 0 fully saturated rings. The van der Waals surface area contributed by atoms with E-state index < -0.39 is 21.4 Å². The van der Waals surface area contributed by atoms with Gasteiger partial charge in [-0.2, -0.15) is 0 Å². The van der Waals surface area contributed by atoms with Crippen LogP contribution in [0.3, 0.4) is 0 Å². The molecule has 1 aliphatic rings. The summed E-state index contributed by atoms with van der Waals surface area (Å²) >= 11 is 0. The fourth-order valence-corrected chi connectivity index (χ4v) is 3.39. The molecule has 0 saturated heterocycles. The first-order valence-corrected chi connectivity index (χ1v) is 9.90. The summed E-state index contributed by atoms with van der Waals surface area (Å²) in [6.45, 7) is 3.19. The Morgan fingerprint density at radius 2 is 1.81 bits per heavy atom. The number of carbonyl (C=O) groups is 1. The number of nitrogens with zero attached hydrogens (tertiary/aromatic N) is 1. The van der Waals surface area contributed by atoms with E-state index in [0.29, 0.717) is 22.8 Å². The van der Waals surface area contributed by atoms with E-state index in [1.807, 2.05) is 0 Å². The molecule has 0 saturated carbocycles. The highest BCUT2D eigenvalue weighted by Gasteiger charge is 2.42. The van der Waals surface area contributed by atoms with Gasteiger partial charge in [-0.1, -0.05) is 0 Å². The Labute approximate surface area is 156 Å². The monoisotopic (exact) mass is 394 g/mol. The number of sulfonamides is 1. The van der Waals surface area contributed by atoms with Crippen LogP contribution < -0.4 is 19.1 Å². The predicted molar refractivity (Wildman–Crippen MR) is 99.7 cm³/mol. The smallest absolute Gasteiger partial charge is 0.275 e. The van der Waals surface area contributed by atoms with E-state index in [-0.39, 0.29) is 11.7 Å². The Kier molecular flexibility index (Phi) is 4.51. The van der Waals surface area contributed by atoms with Crippen molar-refractivity contribution >= 4 is 33.0 Å². The van der Waals surface area contributed by atoms with Gasteiger partial charge in [0.05, 0.1) is 30.4 Å². The summed E-state index contributed by atoms with van der Waals surface area (Å²) in [4.78, 5) is 14.4. The van der Waals surface area contributed by atoms with Crippen LogP contribution in [0.5, 0.6) is 11.5 Å². The number of methoxy groups -OCH3 is 1. The molecule has 3 rings (SSSR count). The first-order chi connectivity index (χ1) is 12.5. The topological polar surface area (TPSA) is 84.9 Å². The lowest BCUT2D eigenvalue weighted by molar-refractivity contribution is -0.131.